The Balaban J connectivity index is 2.27. The summed E-state index contributed by atoms with van der Waals surface area (Å²) in [7, 11) is 2.20. The molecule has 1 saturated heterocycles. The zero-order chi connectivity index (χ0) is 13.1. The van der Waals surface area contributed by atoms with Crippen molar-refractivity contribution < 1.29 is 0 Å². The van der Waals surface area contributed by atoms with Gasteiger partial charge in [-0.2, -0.15) is 0 Å². The van der Waals surface area contributed by atoms with Gasteiger partial charge >= 0.3 is 0 Å². The van der Waals surface area contributed by atoms with Crippen molar-refractivity contribution in [3.05, 3.63) is 29.8 Å². The van der Waals surface area contributed by atoms with Gasteiger partial charge in [0.15, 0.2) is 0 Å². The maximum absolute atomic E-state index is 5.99. The summed E-state index contributed by atoms with van der Waals surface area (Å²) in [5.74, 6) is 0. The molecule has 1 aromatic rings. The lowest BCUT2D eigenvalue weighted by molar-refractivity contribution is 0.256. The predicted molar refractivity (Wildman–Crippen MR) is 78.1 cm³/mol. The Bertz CT molecular complexity index is 391. The number of likely N-dealkylation sites (N-methyl/N-ethyl adjacent to an activating group) is 1. The lowest BCUT2D eigenvalue weighted by atomic mass is 10.1. The first kappa shape index (κ1) is 13.4. The van der Waals surface area contributed by atoms with E-state index in [9.17, 15) is 0 Å². The average Bonchev–Trinajstić information content (AvgIpc) is 2.51. The molecule has 1 aromatic carbocycles. The third kappa shape index (κ3) is 2.68. The Hall–Kier alpha value is -1.06. The van der Waals surface area contributed by atoms with Crippen LogP contribution in [0.5, 0.6) is 0 Å². The Kier molecular flexibility index (Phi) is 4.25. The molecule has 0 bridgehead atoms. The number of benzene rings is 1. The Morgan fingerprint density at radius 2 is 2.06 bits per heavy atom. The van der Waals surface area contributed by atoms with Gasteiger partial charge < -0.3 is 15.5 Å². The van der Waals surface area contributed by atoms with Crippen LogP contribution in [0.15, 0.2) is 24.3 Å². The quantitative estimate of drug-likeness (QED) is 0.866. The summed E-state index contributed by atoms with van der Waals surface area (Å²) in [6.45, 7) is 7.34. The largest absolute Gasteiger partial charge is 0.366 e. The van der Waals surface area contributed by atoms with Gasteiger partial charge in [0.25, 0.3) is 0 Å². The van der Waals surface area contributed by atoms with E-state index >= 15 is 0 Å². The molecule has 3 nitrogen and oxygen atoms in total. The number of nitrogens with zero attached hydrogens (tertiary/aromatic N) is 2. The van der Waals surface area contributed by atoms with Gasteiger partial charge in [0.2, 0.25) is 0 Å². The van der Waals surface area contributed by atoms with Gasteiger partial charge in [0.05, 0.1) is 6.04 Å². The fourth-order valence-electron chi connectivity index (χ4n) is 2.74. The van der Waals surface area contributed by atoms with Crippen LogP contribution in [0.3, 0.4) is 0 Å². The van der Waals surface area contributed by atoms with E-state index in [2.05, 4.69) is 55.0 Å². The van der Waals surface area contributed by atoms with Crippen molar-refractivity contribution in [3.63, 3.8) is 0 Å². The molecular formula is C15H25N3. The molecule has 18 heavy (non-hydrogen) atoms. The van der Waals surface area contributed by atoms with Gasteiger partial charge in [-0.05, 0) is 38.9 Å². The van der Waals surface area contributed by atoms with E-state index in [-0.39, 0.29) is 0 Å². The first-order valence-corrected chi connectivity index (χ1v) is 6.86. The fraction of sp³-hybridized carbons (Fsp3) is 0.600. The van der Waals surface area contributed by atoms with E-state index in [1.54, 1.807) is 0 Å². The minimum atomic E-state index is 0.418. The van der Waals surface area contributed by atoms with Crippen LogP contribution in [0.1, 0.15) is 18.9 Å². The average molecular weight is 247 g/mol. The van der Waals surface area contributed by atoms with Gasteiger partial charge in [-0.15, -0.1) is 0 Å². The minimum absolute atomic E-state index is 0.418. The first-order valence-electron chi connectivity index (χ1n) is 6.86. The van der Waals surface area contributed by atoms with Crippen LogP contribution >= 0.6 is 0 Å². The highest BCUT2D eigenvalue weighted by molar-refractivity contribution is 5.54. The van der Waals surface area contributed by atoms with E-state index in [0.29, 0.717) is 18.6 Å². The Labute approximate surface area is 111 Å². The first-order chi connectivity index (χ1) is 8.63. The second-order valence-corrected chi connectivity index (χ2v) is 5.45. The number of para-hydroxylation sites is 1. The summed E-state index contributed by atoms with van der Waals surface area (Å²) in [5, 5.41) is 0. The number of rotatable bonds is 2. The van der Waals surface area contributed by atoms with Crippen LogP contribution in [0.25, 0.3) is 0 Å². The predicted octanol–water partition coefficient (Wildman–Crippen LogP) is 1.85. The zero-order valence-corrected chi connectivity index (χ0v) is 11.8. The molecular weight excluding hydrogens is 222 g/mol. The maximum atomic E-state index is 5.99. The zero-order valence-electron chi connectivity index (χ0n) is 11.8. The molecule has 0 amide bonds. The van der Waals surface area contributed by atoms with Crippen LogP contribution in [0.2, 0.25) is 0 Å². The van der Waals surface area contributed by atoms with E-state index < -0.39 is 0 Å². The molecule has 0 aromatic heterocycles. The second kappa shape index (κ2) is 5.72. The highest BCUT2D eigenvalue weighted by atomic mass is 15.3. The van der Waals surface area contributed by atoms with Crippen molar-refractivity contribution in [2.75, 3.05) is 31.6 Å². The summed E-state index contributed by atoms with van der Waals surface area (Å²) >= 11 is 0. The number of hydrogen-bond acceptors (Lipinski definition) is 3. The lowest BCUT2D eigenvalue weighted by Crippen LogP contribution is -2.46. The molecule has 2 unspecified atom stereocenters. The molecule has 1 fully saturated rings. The van der Waals surface area contributed by atoms with Crippen molar-refractivity contribution in [3.8, 4) is 0 Å². The van der Waals surface area contributed by atoms with Crippen LogP contribution in [-0.2, 0) is 0 Å². The third-order valence-corrected chi connectivity index (χ3v) is 4.18. The second-order valence-electron chi connectivity index (χ2n) is 5.45. The summed E-state index contributed by atoms with van der Waals surface area (Å²) in [5.41, 5.74) is 8.67. The minimum Gasteiger partial charge on any atom is -0.366 e. The highest BCUT2D eigenvalue weighted by Crippen LogP contribution is 2.25. The Morgan fingerprint density at radius 3 is 2.72 bits per heavy atom. The van der Waals surface area contributed by atoms with Gasteiger partial charge in [0, 0.05) is 31.4 Å². The maximum Gasteiger partial charge on any atom is 0.0539 e. The van der Waals surface area contributed by atoms with Gasteiger partial charge in [0.1, 0.15) is 0 Å². The number of anilines is 1. The van der Waals surface area contributed by atoms with Crippen LogP contribution < -0.4 is 10.6 Å². The van der Waals surface area contributed by atoms with Crippen molar-refractivity contribution >= 4 is 5.69 Å². The summed E-state index contributed by atoms with van der Waals surface area (Å²) < 4.78 is 0. The molecule has 2 N–H and O–H groups in total. The summed E-state index contributed by atoms with van der Waals surface area (Å²) in [6.07, 6.45) is 1.20. The van der Waals surface area contributed by atoms with E-state index in [1.165, 1.54) is 17.7 Å². The lowest BCUT2D eigenvalue weighted by Gasteiger charge is -2.33. The van der Waals surface area contributed by atoms with Crippen LogP contribution in [0.4, 0.5) is 5.69 Å². The molecule has 0 spiro atoms. The number of nitrogens with two attached hydrogens (primary N) is 1. The molecule has 100 valence electrons. The van der Waals surface area contributed by atoms with E-state index in [1.807, 2.05) is 0 Å². The van der Waals surface area contributed by atoms with Crippen molar-refractivity contribution in [1.82, 2.24) is 4.90 Å². The Morgan fingerprint density at radius 1 is 1.33 bits per heavy atom. The monoisotopic (exact) mass is 247 g/mol. The third-order valence-electron chi connectivity index (χ3n) is 4.18. The van der Waals surface area contributed by atoms with Crippen molar-refractivity contribution in [2.24, 2.45) is 5.73 Å². The normalized spacial score (nSPS) is 26.1. The van der Waals surface area contributed by atoms with E-state index in [4.69, 9.17) is 5.73 Å². The number of hydrogen-bond donors (Lipinski definition) is 1. The van der Waals surface area contributed by atoms with Gasteiger partial charge in [-0.3, -0.25) is 0 Å². The highest BCUT2D eigenvalue weighted by Gasteiger charge is 2.26. The molecule has 1 aliphatic heterocycles. The van der Waals surface area contributed by atoms with Gasteiger partial charge in [-0.1, -0.05) is 18.2 Å². The molecule has 0 radical (unpaired) electrons. The molecule has 2 atom stereocenters. The number of aryl methyl sites for hydroxylation is 1. The molecule has 0 aliphatic carbocycles. The summed E-state index contributed by atoms with van der Waals surface area (Å²) in [6, 6.07) is 9.67. The topological polar surface area (TPSA) is 32.5 Å². The van der Waals surface area contributed by atoms with Crippen LogP contribution in [-0.4, -0.2) is 43.7 Å². The van der Waals surface area contributed by atoms with Crippen molar-refractivity contribution in [2.45, 2.75) is 32.4 Å². The standard InChI is InChI=1S/C15H25N3/c1-12-6-4-5-7-15(12)18-9-8-13(2)17(3)11-14(18)10-16/h4-7,13-14H,8-11,16H2,1-3H3. The molecule has 1 aliphatic rings. The van der Waals surface area contributed by atoms with Gasteiger partial charge in [-0.25, -0.2) is 0 Å². The molecule has 3 heteroatoms. The smallest absolute Gasteiger partial charge is 0.0539 e. The SMILES string of the molecule is Cc1ccccc1N1CCC(C)N(C)CC1CN. The van der Waals surface area contributed by atoms with E-state index in [0.717, 1.165) is 13.1 Å². The molecule has 0 saturated carbocycles. The van der Waals surface area contributed by atoms with Crippen LogP contribution in [0, 0.1) is 6.92 Å². The van der Waals surface area contributed by atoms with Crippen molar-refractivity contribution in [1.29, 1.82) is 0 Å². The molecule has 2 rings (SSSR count). The molecule has 1 heterocycles. The summed E-state index contributed by atoms with van der Waals surface area (Å²) in [4.78, 5) is 4.92. The fourth-order valence-corrected chi connectivity index (χ4v) is 2.74.